The summed E-state index contributed by atoms with van der Waals surface area (Å²) in [5, 5.41) is 7.32. The van der Waals surface area contributed by atoms with E-state index in [-0.39, 0.29) is 17.7 Å². The Morgan fingerprint density at radius 1 is 1.17 bits per heavy atom. The number of anilines is 1. The lowest BCUT2D eigenvalue weighted by atomic mass is 9.96. The third kappa shape index (κ3) is 4.46. The summed E-state index contributed by atoms with van der Waals surface area (Å²) in [5.74, 6) is -0.354. The molecule has 0 saturated carbocycles. The maximum atomic E-state index is 13.1. The molecule has 3 aromatic rings. The Bertz CT molecular complexity index is 1050. The van der Waals surface area contributed by atoms with E-state index in [1.165, 1.54) is 0 Å². The molecule has 1 atom stereocenters. The van der Waals surface area contributed by atoms with Crippen molar-refractivity contribution in [2.24, 2.45) is 5.92 Å². The highest BCUT2D eigenvalue weighted by Crippen LogP contribution is 2.27. The van der Waals surface area contributed by atoms with Crippen LogP contribution in [0.2, 0.25) is 0 Å². The summed E-state index contributed by atoms with van der Waals surface area (Å²) in [6.45, 7) is 3.09. The average molecular weight is 467 g/mol. The van der Waals surface area contributed by atoms with E-state index in [9.17, 15) is 9.59 Å². The van der Waals surface area contributed by atoms with E-state index in [1.54, 1.807) is 15.8 Å². The van der Waals surface area contributed by atoms with Crippen LogP contribution >= 0.6 is 15.9 Å². The standard InChI is InChI=1S/C23H23BrN4O2/c1-16-5-7-17(8-6-16)23(30)27-12-2-4-18(15-27)22(29)26-20-14-19(24)9-10-21(20)28-13-3-11-25-28/h3,5-11,13-14,18H,2,4,12,15H2,1H3,(H,26,29). The number of piperidine rings is 1. The molecule has 7 heteroatoms. The van der Waals surface area contributed by atoms with E-state index in [0.29, 0.717) is 24.3 Å². The molecule has 6 nitrogen and oxygen atoms in total. The van der Waals surface area contributed by atoms with Crippen molar-refractivity contribution in [2.75, 3.05) is 18.4 Å². The Kier molecular flexibility index (Phi) is 5.99. The lowest BCUT2D eigenvalue weighted by Crippen LogP contribution is -2.43. The highest BCUT2D eigenvalue weighted by atomic mass is 79.9. The van der Waals surface area contributed by atoms with Crippen LogP contribution in [0.5, 0.6) is 0 Å². The van der Waals surface area contributed by atoms with E-state index in [4.69, 9.17) is 0 Å². The van der Waals surface area contributed by atoms with Gasteiger partial charge in [-0.05, 0) is 56.2 Å². The van der Waals surface area contributed by atoms with E-state index in [2.05, 4.69) is 26.3 Å². The van der Waals surface area contributed by atoms with Gasteiger partial charge in [0.25, 0.3) is 5.91 Å². The van der Waals surface area contributed by atoms with Crippen LogP contribution in [0.4, 0.5) is 5.69 Å². The van der Waals surface area contributed by atoms with E-state index < -0.39 is 0 Å². The van der Waals surface area contributed by atoms with Gasteiger partial charge in [-0.1, -0.05) is 33.6 Å². The van der Waals surface area contributed by atoms with Crippen LogP contribution < -0.4 is 5.32 Å². The molecule has 4 rings (SSSR count). The minimum atomic E-state index is -0.252. The Morgan fingerprint density at radius 2 is 1.97 bits per heavy atom. The molecule has 0 aliphatic carbocycles. The van der Waals surface area contributed by atoms with Gasteiger partial charge < -0.3 is 10.2 Å². The molecule has 0 bridgehead atoms. The van der Waals surface area contributed by atoms with Crippen LogP contribution in [0.25, 0.3) is 5.69 Å². The molecule has 2 amide bonds. The second kappa shape index (κ2) is 8.83. The van der Waals surface area contributed by atoms with E-state index in [1.807, 2.05) is 61.7 Å². The predicted octanol–water partition coefficient (Wildman–Crippen LogP) is 4.43. The van der Waals surface area contributed by atoms with Gasteiger partial charge in [-0.25, -0.2) is 4.68 Å². The van der Waals surface area contributed by atoms with Crippen molar-refractivity contribution in [1.29, 1.82) is 0 Å². The summed E-state index contributed by atoms with van der Waals surface area (Å²) in [4.78, 5) is 27.7. The number of carbonyl (C=O) groups is 2. The molecule has 0 spiro atoms. The summed E-state index contributed by atoms with van der Waals surface area (Å²) in [5.41, 5.74) is 3.25. The Labute approximate surface area is 184 Å². The van der Waals surface area contributed by atoms with E-state index >= 15 is 0 Å². The Hall–Kier alpha value is -2.93. The molecule has 154 valence electrons. The molecular formula is C23H23BrN4O2. The number of aromatic nitrogens is 2. The van der Waals surface area contributed by atoms with Crippen LogP contribution in [0.3, 0.4) is 0 Å². The maximum Gasteiger partial charge on any atom is 0.253 e. The summed E-state index contributed by atoms with van der Waals surface area (Å²) in [7, 11) is 0. The van der Waals surface area contributed by atoms with Crippen LogP contribution in [0, 0.1) is 12.8 Å². The minimum Gasteiger partial charge on any atom is -0.338 e. The topological polar surface area (TPSA) is 67.2 Å². The monoisotopic (exact) mass is 466 g/mol. The number of halogens is 1. The van der Waals surface area contributed by atoms with Gasteiger partial charge in [0.2, 0.25) is 5.91 Å². The minimum absolute atomic E-state index is 0.0211. The zero-order valence-electron chi connectivity index (χ0n) is 16.7. The molecule has 1 aliphatic rings. The molecular weight excluding hydrogens is 444 g/mol. The van der Waals surface area contributed by atoms with Gasteiger partial charge in [-0.3, -0.25) is 9.59 Å². The first-order valence-electron chi connectivity index (χ1n) is 9.97. The third-order valence-electron chi connectivity index (χ3n) is 5.35. The number of nitrogens with one attached hydrogen (secondary N) is 1. The summed E-state index contributed by atoms with van der Waals surface area (Å²) in [6, 6.07) is 15.1. The van der Waals surface area contributed by atoms with Gasteiger partial charge in [0.05, 0.1) is 17.3 Å². The number of aryl methyl sites for hydroxylation is 1. The van der Waals surface area contributed by atoms with E-state index in [0.717, 1.165) is 28.6 Å². The summed E-state index contributed by atoms with van der Waals surface area (Å²) in [6.07, 6.45) is 5.10. The zero-order chi connectivity index (χ0) is 21.1. The number of likely N-dealkylation sites (tertiary alicyclic amines) is 1. The second-order valence-electron chi connectivity index (χ2n) is 7.56. The molecule has 1 N–H and O–H groups in total. The van der Waals surface area contributed by atoms with Crippen LogP contribution in [0.15, 0.2) is 65.4 Å². The number of nitrogens with zero attached hydrogens (tertiary/aromatic N) is 3. The van der Waals surface area contributed by atoms with Gasteiger partial charge in [-0.15, -0.1) is 0 Å². The number of carbonyl (C=O) groups excluding carboxylic acids is 2. The summed E-state index contributed by atoms with van der Waals surface area (Å²) >= 11 is 3.47. The number of rotatable bonds is 4. The molecule has 1 aliphatic heterocycles. The first-order valence-corrected chi connectivity index (χ1v) is 10.8. The molecule has 0 radical (unpaired) electrons. The average Bonchev–Trinajstić information content (AvgIpc) is 3.28. The fourth-order valence-corrected chi connectivity index (χ4v) is 4.07. The largest absolute Gasteiger partial charge is 0.338 e. The molecule has 2 aromatic carbocycles. The van der Waals surface area contributed by atoms with Gasteiger partial charge in [0.1, 0.15) is 0 Å². The highest BCUT2D eigenvalue weighted by Gasteiger charge is 2.29. The van der Waals surface area contributed by atoms with Crippen molar-refractivity contribution in [2.45, 2.75) is 19.8 Å². The molecule has 2 heterocycles. The molecule has 1 saturated heterocycles. The highest BCUT2D eigenvalue weighted by molar-refractivity contribution is 9.10. The van der Waals surface area contributed by atoms with Gasteiger partial charge in [0, 0.05) is 35.5 Å². The SMILES string of the molecule is Cc1ccc(C(=O)N2CCCC(C(=O)Nc3cc(Br)ccc3-n3cccn3)C2)cc1. The van der Waals surface area contributed by atoms with Crippen LogP contribution in [0.1, 0.15) is 28.8 Å². The first kappa shape index (κ1) is 20.3. The predicted molar refractivity (Wildman–Crippen MR) is 120 cm³/mol. The van der Waals surface area contributed by atoms with Crippen molar-refractivity contribution < 1.29 is 9.59 Å². The maximum absolute atomic E-state index is 13.1. The first-order chi connectivity index (χ1) is 14.5. The molecule has 1 fully saturated rings. The van der Waals surface area contributed by atoms with Crippen molar-refractivity contribution in [3.8, 4) is 5.69 Å². The van der Waals surface area contributed by atoms with Gasteiger partial charge in [-0.2, -0.15) is 5.10 Å². The van der Waals surface area contributed by atoms with Gasteiger partial charge in [0.15, 0.2) is 0 Å². The van der Waals surface area contributed by atoms with Crippen molar-refractivity contribution in [3.05, 3.63) is 76.5 Å². The van der Waals surface area contributed by atoms with Crippen LogP contribution in [-0.4, -0.2) is 39.6 Å². The zero-order valence-corrected chi connectivity index (χ0v) is 18.3. The molecule has 1 aromatic heterocycles. The second-order valence-corrected chi connectivity index (χ2v) is 8.47. The Morgan fingerprint density at radius 3 is 2.70 bits per heavy atom. The number of hydrogen-bond donors (Lipinski definition) is 1. The normalized spacial score (nSPS) is 16.3. The number of hydrogen-bond acceptors (Lipinski definition) is 3. The van der Waals surface area contributed by atoms with Crippen LogP contribution in [-0.2, 0) is 4.79 Å². The lowest BCUT2D eigenvalue weighted by molar-refractivity contribution is -0.121. The third-order valence-corrected chi connectivity index (χ3v) is 5.84. The number of benzene rings is 2. The lowest BCUT2D eigenvalue weighted by Gasteiger charge is -2.32. The van der Waals surface area contributed by atoms with Crippen molar-refractivity contribution >= 4 is 33.4 Å². The fraction of sp³-hybridized carbons (Fsp3) is 0.261. The Balaban J connectivity index is 1.48. The smallest absolute Gasteiger partial charge is 0.253 e. The summed E-state index contributed by atoms with van der Waals surface area (Å²) < 4.78 is 2.59. The fourth-order valence-electron chi connectivity index (χ4n) is 3.71. The quantitative estimate of drug-likeness (QED) is 0.617. The molecule has 30 heavy (non-hydrogen) atoms. The van der Waals surface area contributed by atoms with Gasteiger partial charge >= 0.3 is 0 Å². The van der Waals surface area contributed by atoms with Crippen molar-refractivity contribution in [3.63, 3.8) is 0 Å². The molecule has 1 unspecified atom stereocenters. The van der Waals surface area contributed by atoms with Crippen molar-refractivity contribution in [1.82, 2.24) is 14.7 Å². The number of amides is 2.